The van der Waals surface area contributed by atoms with Gasteiger partial charge in [-0.25, -0.2) is 9.95 Å². The Kier molecular flexibility index (Phi) is 2.01. The van der Waals surface area contributed by atoms with E-state index >= 15 is 0 Å². The molecule has 0 spiro atoms. The number of aliphatic carboxylic acids is 1. The van der Waals surface area contributed by atoms with Crippen molar-refractivity contribution in [1.82, 2.24) is 5.16 Å². The van der Waals surface area contributed by atoms with Crippen LogP contribution in [0.1, 0.15) is 17.3 Å². The van der Waals surface area contributed by atoms with Crippen LogP contribution in [-0.4, -0.2) is 16.2 Å². The Bertz CT molecular complexity index is 351. The van der Waals surface area contributed by atoms with Crippen LogP contribution < -0.4 is 11.4 Å². The summed E-state index contributed by atoms with van der Waals surface area (Å²) in [6, 6.07) is -1.33. The molecule has 0 bridgehead atoms. The van der Waals surface area contributed by atoms with E-state index in [0.29, 0.717) is 5.69 Å². The quantitative estimate of drug-likeness (QED) is 0.549. The van der Waals surface area contributed by atoms with Crippen molar-refractivity contribution >= 4 is 5.97 Å². The lowest BCUT2D eigenvalue weighted by atomic mass is 10.1. The number of hydrogen-bond donors (Lipinski definition) is 3. The van der Waals surface area contributed by atoms with Crippen molar-refractivity contribution in [1.29, 1.82) is 0 Å². The first-order valence-electron chi connectivity index (χ1n) is 3.20. The molecular weight excluding hydrogens is 164 g/mol. The molecule has 0 amide bonds. The summed E-state index contributed by atoms with van der Waals surface area (Å²) in [5.41, 5.74) is 4.77. The van der Waals surface area contributed by atoms with Crippen LogP contribution in [0.5, 0.6) is 0 Å². The SMILES string of the molecule is Cc1[nH]oc(=O)c1[C@@H](N)C(=O)O. The highest BCUT2D eigenvalue weighted by Gasteiger charge is 2.22. The van der Waals surface area contributed by atoms with Crippen LogP contribution in [0.3, 0.4) is 0 Å². The second-order valence-corrected chi connectivity index (χ2v) is 2.35. The Morgan fingerprint density at radius 3 is 2.67 bits per heavy atom. The Hall–Kier alpha value is -1.56. The molecule has 0 aromatic carbocycles. The molecule has 0 aliphatic heterocycles. The van der Waals surface area contributed by atoms with Crippen molar-refractivity contribution in [3.63, 3.8) is 0 Å². The second-order valence-electron chi connectivity index (χ2n) is 2.35. The molecule has 1 atom stereocenters. The van der Waals surface area contributed by atoms with Crippen LogP contribution in [-0.2, 0) is 4.79 Å². The van der Waals surface area contributed by atoms with Crippen LogP contribution in [0, 0.1) is 6.92 Å². The van der Waals surface area contributed by atoms with Crippen molar-refractivity contribution in [2.75, 3.05) is 0 Å². The first kappa shape index (κ1) is 8.54. The maximum Gasteiger partial charge on any atom is 0.362 e. The van der Waals surface area contributed by atoms with Gasteiger partial charge in [0, 0.05) is 0 Å². The fourth-order valence-corrected chi connectivity index (χ4v) is 0.870. The molecule has 0 saturated carbocycles. The number of H-pyrrole nitrogens is 1. The summed E-state index contributed by atoms with van der Waals surface area (Å²) in [7, 11) is 0. The molecule has 0 unspecified atom stereocenters. The molecule has 0 aliphatic carbocycles. The van der Waals surface area contributed by atoms with Gasteiger partial charge in [-0.1, -0.05) is 0 Å². The minimum absolute atomic E-state index is 0.0394. The van der Waals surface area contributed by atoms with Gasteiger partial charge >= 0.3 is 11.6 Å². The number of nitrogens with one attached hydrogen (secondary N) is 1. The second kappa shape index (κ2) is 2.82. The van der Waals surface area contributed by atoms with Crippen LogP contribution >= 0.6 is 0 Å². The van der Waals surface area contributed by atoms with Crippen LogP contribution in [0.4, 0.5) is 0 Å². The number of carbonyl (C=O) groups is 1. The predicted molar refractivity (Wildman–Crippen MR) is 38.6 cm³/mol. The van der Waals surface area contributed by atoms with Gasteiger partial charge in [-0.15, -0.1) is 0 Å². The number of carboxylic acid groups (broad SMARTS) is 1. The average molecular weight is 172 g/mol. The summed E-state index contributed by atoms with van der Waals surface area (Å²) in [6.07, 6.45) is 0. The zero-order chi connectivity index (χ0) is 9.30. The molecule has 1 rings (SSSR count). The van der Waals surface area contributed by atoms with Gasteiger partial charge < -0.3 is 15.4 Å². The molecule has 0 saturated heterocycles. The number of aromatic nitrogens is 1. The predicted octanol–water partition coefficient (Wildman–Crippen LogP) is -0.639. The fraction of sp³-hybridized carbons (Fsp3) is 0.333. The topological polar surface area (TPSA) is 109 Å². The van der Waals surface area contributed by atoms with Gasteiger partial charge in [0.1, 0.15) is 6.04 Å². The fourth-order valence-electron chi connectivity index (χ4n) is 0.870. The van der Waals surface area contributed by atoms with E-state index in [2.05, 4.69) is 9.68 Å². The van der Waals surface area contributed by atoms with E-state index in [0.717, 1.165) is 0 Å². The summed E-state index contributed by atoms with van der Waals surface area (Å²) in [6.45, 7) is 1.52. The first-order valence-corrected chi connectivity index (χ1v) is 3.20. The highest BCUT2D eigenvalue weighted by molar-refractivity contribution is 5.75. The lowest BCUT2D eigenvalue weighted by Gasteiger charge is -2.00. The zero-order valence-corrected chi connectivity index (χ0v) is 6.33. The molecule has 0 radical (unpaired) electrons. The molecule has 4 N–H and O–H groups in total. The number of rotatable bonds is 2. The monoisotopic (exact) mass is 172 g/mol. The number of nitrogens with two attached hydrogens (primary N) is 1. The van der Waals surface area contributed by atoms with Gasteiger partial charge in [0.05, 0.1) is 11.3 Å². The van der Waals surface area contributed by atoms with Crippen molar-refractivity contribution in [2.45, 2.75) is 13.0 Å². The van der Waals surface area contributed by atoms with Gasteiger partial charge in [0.15, 0.2) is 0 Å². The van der Waals surface area contributed by atoms with E-state index < -0.39 is 17.6 Å². The van der Waals surface area contributed by atoms with Gasteiger partial charge in [0.25, 0.3) is 0 Å². The molecule has 1 aromatic heterocycles. The van der Waals surface area contributed by atoms with E-state index in [-0.39, 0.29) is 5.56 Å². The lowest BCUT2D eigenvalue weighted by Crippen LogP contribution is -2.25. The maximum atomic E-state index is 10.8. The summed E-state index contributed by atoms with van der Waals surface area (Å²) in [4.78, 5) is 21.2. The molecular formula is C6H8N2O4. The smallest absolute Gasteiger partial charge is 0.362 e. The number of aryl methyl sites for hydroxylation is 1. The van der Waals surface area contributed by atoms with Gasteiger partial charge in [-0.3, -0.25) is 4.79 Å². The Labute approximate surface area is 66.9 Å². The maximum absolute atomic E-state index is 10.8. The summed E-state index contributed by atoms with van der Waals surface area (Å²) in [5, 5.41) is 10.7. The molecule has 66 valence electrons. The number of carboxylic acids is 1. The molecule has 6 heteroatoms. The Balaban J connectivity index is 3.18. The molecule has 1 heterocycles. The molecule has 0 aliphatic rings. The van der Waals surface area contributed by atoms with Crippen molar-refractivity contribution in [2.24, 2.45) is 5.73 Å². The summed E-state index contributed by atoms with van der Waals surface area (Å²) in [5.74, 6) is -1.26. The minimum Gasteiger partial charge on any atom is -0.480 e. The molecule has 12 heavy (non-hydrogen) atoms. The van der Waals surface area contributed by atoms with Crippen LogP contribution in [0.15, 0.2) is 9.32 Å². The molecule has 1 aromatic rings. The third kappa shape index (κ3) is 1.24. The average Bonchev–Trinajstić information content (AvgIpc) is 2.30. The van der Waals surface area contributed by atoms with Gasteiger partial charge in [-0.2, -0.15) is 0 Å². The number of hydrogen-bond acceptors (Lipinski definition) is 4. The molecule has 6 nitrogen and oxygen atoms in total. The highest BCUT2D eigenvalue weighted by atomic mass is 16.5. The van der Waals surface area contributed by atoms with Crippen molar-refractivity contribution in [3.05, 3.63) is 21.7 Å². The lowest BCUT2D eigenvalue weighted by molar-refractivity contribution is -0.138. The first-order chi connectivity index (χ1) is 5.54. The third-order valence-corrected chi connectivity index (χ3v) is 1.50. The van der Waals surface area contributed by atoms with Crippen LogP contribution in [0.25, 0.3) is 0 Å². The molecule has 0 fully saturated rings. The minimum atomic E-state index is -1.33. The van der Waals surface area contributed by atoms with Crippen LogP contribution in [0.2, 0.25) is 0 Å². The zero-order valence-electron chi connectivity index (χ0n) is 6.33. The standard InChI is InChI=1S/C6H8N2O4/c1-2-3(4(7)5(9)10)6(11)12-8-2/h4,8H,7H2,1H3,(H,9,10)/t4-/m1/s1. The highest BCUT2D eigenvalue weighted by Crippen LogP contribution is 2.08. The summed E-state index contributed by atoms with van der Waals surface area (Å²) < 4.78 is 4.34. The van der Waals surface area contributed by atoms with Crippen molar-refractivity contribution in [3.8, 4) is 0 Å². The van der Waals surface area contributed by atoms with E-state index in [4.69, 9.17) is 10.8 Å². The van der Waals surface area contributed by atoms with E-state index in [1.54, 1.807) is 0 Å². The largest absolute Gasteiger partial charge is 0.480 e. The Morgan fingerprint density at radius 1 is 1.75 bits per heavy atom. The Morgan fingerprint density at radius 2 is 2.33 bits per heavy atom. The summed E-state index contributed by atoms with van der Waals surface area (Å²) >= 11 is 0. The van der Waals surface area contributed by atoms with Gasteiger partial charge in [0.2, 0.25) is 0 Å². The van der Waals surface area contributed by atoms with Crippen molar-refractivity contribution < 1.29 is 14.4 Å². The van der Waals surface area contributed by atoms with E-state index in [1.807, 2.05) is 0 Å². The van der Waals surface area contributed by atoms with E-state index in [9.17, 15) is 9.59 Å². The number of aromatic amines is 1. The normalized spacial score (nSPS) is 12.8. The van der Waals surface area contributed by atoms with E-state index in [1.165, 1.54) is 6.92 Å². The third-order valence-electron chi connectivity index (χ3n) is 1.50. The van der Waals surface area contributed by atoms with Gasteiger partial charge in [-0.05, 0) is 6.92 Å².